The van der Waals surface area contributed by atoms with Gasteiger partial charge in [-0.2, -0.15) is 0 Å². The van der Waals surface area contributed by atoms with E-state index in [2.05, 4.69) is 10.9 Å². The predicted molar refractivity (Wildman–Crippen MR) is 101 cm³/mol. The molecule has 7 nitrogen and oxygen atoms in total. The fraction of sp³-hybridized carbons (Fsp3) is 0.400. The van der Waals surface area contributed by atoms with E-state index >= 15 is 0 Å². The Kier molecular flexibility index (Phi) is 7.28. The summed E-state index contributed by atoms with van der Waals surface area (Å²) in [5.74, 6) is 1.32. The average molecular weight is 374 g/mol. The number of nitrogens with one attached hydrogen (secondary N) is 2. The van der Waals surface area contributed by atoms with Crippen LogP contribution in [0, 0.1) is 13.8 Å². The number of rotatable bonds is 8. The molecule has 2 aromatic rings. The molecule has 0 radical (unpaired) electrons. The van der Waals surface area contributed by atoms with Crippen molar-refractivity contribution in [2.75, 3.05) is 13.2 Å². The van der Waals surface area contributed by atoms with Crippen molar-refractivity contribution in [2.24, 2.45) is 0 Å². The number of carbonyl (C=O) groups excluding carboxylic acids is 2. The lowest BCUT2D eigenvalue weighted by molar-refractivity contribution is 0.0845. The van der Waals surface area contributed by atoms with Crippen molar-refractivity contribution in [1.29, 1.82) is 0 Å². The molecule has 146 valence electrons. The highest BCUT2D eigenvalue weighted by Crippen LogP contribution is 2.28. The number of benzene rings is 1. The van der Waals surface area contributed by atoms with Gasteiger partial charge in [0.25, 0.3) is 11.8 Å². The molecule has 0 saturated carbocycles. The Labute approximate surface area is 159 Å². The lowest BCUT2D eigenvalue weighted by Crippen LogP contribution is -2.41. The number of carbonyl (C=O) groups is 2. The Morgan fingerprint density at radius 1 is 0.926 bits per heavy atom. The van der Waals surface area contributed by atoms with E-state index in [1.165, 1.54) is 0 Å². The van der Waals surface area contributed by atoms with Gasteiger partial charge in [-0.3, -0.25) is 20.4 Å². The fourth-order valence-corrected chi connectivity index (χ4v) is 2.41. The minimum Gasteiger partial charge on any atom is -0.490 e. The molecule has 0 aliphatic rings. The number of hydrogen-bond acceptors (Lipinski definition) is 5. The second-order valence-corrected chi connectivity index (χ2v) is 6.09. The highest BCUT2D eigenvalue weighted by molar-refractivity contribution is 5.99. The van der Waals surface area contributed by atoms with Gasteiger partial charge in [0, 0.05) is 5.56 Å². The van der Waals surface area contributed by atoms with Crippen molar-refractivity contribution in [1.82, 2.24) is 10.9 Å². The first-order chi connectivity index (χ1) is 13.0. The van der Waals surface area contributed by atoms with Crippen molar-refractivity contribution >= 4 is 11.8 Å². The number of hydrazine groups is 1. The van der Waals surface area contributed by atoms with E-state index in [0.717, 1.165) is 12.8 Å². The van der Waals surface area contributed by atoms with E-state index in [1.54, 1.807) is 38.1 Å². The zero-order chi connectivity index (χ0) is 19.8. The van der Waals surface area contributed by atoms with Crippen LogP contribution < -0.4 is 20.3 Å². The van der Waals surface area contributed by atoms with Crippen LogP contribution in [0.3, 0.4) is 0 Å². The highest BCUT2D eigenvalue weighted by atomic mass is 16.5. The molecule has 1 aromatic heterocycles. The van der Waals surface area contributed by atoms with Crippen molar-refractivity contribution in [3.63, 3.8) is 0 Å². The topological polar surface area (TPSA) is 89.8 Å². The molecule has 0 fully saturated rings. The monoisotopic (exact) mass is 374 g/mol. The van der Waals surface area contributed by atoms with Crippen LogP contribution in [0.4, 0.5) is 0 Å². The second-order valence-electron chi connectivity index (χ2n) is 6.09. The Morgan fingerprint density at radius 2 is 1.56 bits per heavy atom. The Hall–Kier alpha value is -2.96. The zero-order valence-corrected chi connectivity index (χ0v) is 16.2. The largest absolute Gasteiger partial charge is 0.490 e. The zero-order valence-electron chi connectivity index (χ0n) is 16.2. The smallest absolute Gasteiger partial charge is 0.273 e. The first-order valence-electron chi connectivity index (χ1n) is 9.03. The van der Waals surface area contributed by atoms with E-state index in [1.807, 2.05) is 13.8 Å². The van der Waals surface area contributed by atoms with E-state index in [9.17, 15) is 9.59 Å². The molecule has 2 amide bonds. The second kappa shape index (κ2) is 9.66. The molecule has 0 saturated heterocycles. The summed E-state index contributed by atoms with van der Waals surface area (Å²) in [5, 5.41) is 0. The van der Waals surface area contributed by atoms with E-state index < -0.39 is 11.8 Å². The maximum Gasteiger partial charge on any atom is 0.273 e. The molecule has 0 unspecified atom stereocenters. The number of amides is 2. The average Bonchev–Trinajstić information content (AvgIpc) is 3.00. The van der Waals surface area contributed by atoms with Gasteiger partial charge in [-0.15, -0.1) is 0 Å². The summed E-state index contributed by atoms with van der Waals surface area (Å²) in [7, 11) is 0. The third-order valence-corrected chi connectivity index (χ3v) is 3.70. The van der Waals surface area contributed by atoms with Crippen LogP contribution in [0.1, 0.15) is 58.9 Å². The Balaban J connectivity index is 2.06. The maximum atomic E-state index is 12.4. The van der Waals surface area contributed by atoms with Crippen molar-refractivity contribution in [2.45, 2.75) is 40.5 Å². The third-order valence-electron chi connectivity index (χ3n) is 3.70. The molecule has 2 N–H and O–H groups in total. The molecule has 7 heteroatoms. The van der Waals surface area contributed by atoms with Gasteiger partial charge in [-0.25, -0.2) is 0 Å². The normalized spacial score (nSPS) is 10.4. The van der Waals surface area contributed by atoms with Gasteiger partial charge in [0.05, 0.1) is 18.8 Å². The molecule has 0 spiro atoms. The molecular formula is C20H26N2O5. The van der Waals surface area contributed by atoms with Gasteiger partial charge >= 0.3 is 0 Å². The molecule has 1 aromatic carbocycles. The van der Waals surface area contributed by atoms with E-state index in [0.29, 0.717) is 47.4 Å². The molecule has 0 bridgehead atoms. The standard InChI is InChI=1S/C20H26N2O5/c1-5-9-25-17-8-7-15(12-18(17)26-10-6-2)19(23)21-22-20(24)16-11-13(3)27-14(16)4/h7-8,11-12H,5-6,9-10H2,1-4H3,(H,21,23)(H,22,24). The van der Waals surface area contributed by atoms with Gasteiger partial charge in [0.15, 0.2) is 11.5 Å². The minimum absolute atomic E-state index is 0.352. The summed E-state index contributed by atoms with van der Waals surface area (Å²) in [4.78, 5) is 24.5. The summed E-state index contributed by atoms with van der Waals surface area (Å²) < 4.78 is 16.7. The Morgan fingerprint density at radius 3 is 2.15 bits per heavy atom. The lowest BCUT2D eigenvalue weighted by atomic mass is 10.2. The predicted octanol–water partition coefficient (Wildman–Crippen LogP) is 3.55. The SMILES string of the molecule is CCCOc1ccc(C(=O)NNC(=O)c2cc(C)oc2C)cc1OCCC. The van der Waals surface area contributed by atoms with Crippen LogP contribution in [-0.2, 0) is 0 Å². The first kappa shape index (κ1) is 20.4. The summed E-state index contributed by atoms with van der Waals surface area (Å²) in [6.07, 6.45) is 1.71. The van der Waals surface area contributed by atoms with Gasteiger partial charge in [-0.1, -0.05) is 13.8 Å². The van der Waals surface area contributed by atoms with Crippen LogP contribution in [0.25, 0.3) is 0 Å². The molecule has 27 heavy (non-hydrogen) atoms. The van der Waals surface area contributed by atoms with E-state index in [4.69, 9.17) is 13.9 Å². The number of ether oxygens (including phenoxy) is 2. The van der Waals surface area contributed by atoms with Crippen LogP contribution in [0.15, 0.2) is 28.7 Å². The van der Waals surface area contributed by atoms with Crippen molar-refractivity contribution < 1.29 is 23.5 Å². The van der Waals surface area contributed by atoms with Crippen molar-refractivity contribution in [3.8, 4) is 11.5 Å². The van der Waals surface area contributed by atoms with E-state index in [-0.39, 0.29) is 0 Å². The van der Waals surface area contributed by atoms with Crippen LogP contribution in [0.2, 0.25) is 0 Å². The fourth-order valence-electron chi connectivity index (χ4n) is 2.41. The molecular weight excluding hydrogens is 348 g/mol. The van der Waals surface area contributed by atoms with Crippen LogP contribution in [0.5, 0.6) is 11.5 Å². The van der Waals surface area contributed by atoms with Gasteiger partial charge in [0.1, 0.15) is 11.5 Å². The molecule has 1 heterocycles. The highest BCUT2D eigenvalue weighted by Gasteiger charge is 2.16. The minimum atomic E-state index is -0.454. The third kappa shape index (κ3) is 5.51. The molecule has 0 aliphatic heterocycles. The lowest BCUT2D eigenvalue weighted by Gasteiger charge is -2.14. The molecule has 0 aliphatic carbocycles. The van der Waals surface area contributed by atoms with Gasteiger partial charge < -0.3 is 13.9 Å². The van der Waals surface area contributed by atoms with Gasteiger partial charge in [0.2, 0.25) is 0 Å². The quantitative estimate of drug-likeness (QED) is 0.690. The van der Waals surface area contributed by atoms with Crippen LogP contribution >= 0.6 is 0 Å². The van der Waals surface area contributed by atoms with Crippen molar-refractivity contribution in [3.05, 3.63) is 46.9 Å². The Bertz CT molecular complexity index is 798. The first-order valence-corrected chi connectivity index (χ1v) is 9.03. The summed E-state index contributed by atoms with van der Waals surface area (Å²) in [5.41, 5.74) is 5.53. The molecule has 2 rings (SSSR count). The number of hydrogen-bond donors (Lipinski definition) is 2. The summed E-state index contributed by atoms with van der Waals surface area (Å²) in [6, 6.07) is 6.54. The van der Waals surface area contributed by atoms with Gasteiger partial charge in [-0.05, 0) is 51.0 Å². The maximum absolute atomic E-state index is 12.4. The molecule has 0 atom stereocenters. The number of furan rings is 1. The van der Waals surface area contributed by atoms with Crippen LogP contribution in [-0.4, -0.2) is 25.0 Å². The summed E-state index contributed by atoms with van der Waals surface area (Å²) in [6.45, 7) is 8.54. The summed E-state index contributed by atoms with van der Waals surface area (Å²) >= 11 is 0. The number of aryl methyl sites for hydroxylation is 2.